The molecule has 5 heteroatoms. The lowest BCUT2D eigenvalue weighted by Crippen LogP contribution is -2.25. The van der Waals surface area contributed by atoms with Crippen LogP contribution in [-0.2, 0) is 0 Å². The highest BCUT2D eigenvalue weighted by molar-refractivity contribution is 7.98. The molecule has 1 aromatic rings. The molecule has 0 saturated carbocycles. The maximum Gasteiger partial charge on any atom is 0.173 e. The summed E-state index contributed by atoms with van der Waals surface area (Å²) in [6.45, 7) is 4.35. The molecule has 0 aliphatic carbocycles. The fourth-order valence-electron chi connectivity index (χ4n) is 2.96. The molecule has 1 aromatic carbocycles. The summed E-state index contributed by atoms with van der Waals surface area (Å²) in [4.78, 5) is 3.42. The van der Waals surface area contributed by atoms with Gasteiger partial charge in [-0.3, -0.25) is 0 Å². The van der Waals surface area contributed by atoms with Crippen LogP contribution in [0.15, 0.2) is 28.3 Å². The third-order valence-electron chi connectivity index (χ3n) is 3.91. The van der Waals surface area contributed by atoms with Gasteiger partial charge in [-0.1, -0.05) is 24.6 Å². The summed E-state index contributed by atoms with van der Waals surface area (Å²) in [6, 6.07) is 6.13. The summed E-state index contributed by atoms with van der Waals surface area (Å²) in [5, 5.41) is 12.3. The first-order chi connectivity index (χ1) is 9.71. The molecule has 1 heterocycles. The number of hydrogen-bond donors (Lipinski definition) is 2. The van der Waals surface area contributed by atoms with Crippen molar-refractivity contribution in [2.75, 3.05) is 24.2 Å². The van der Waals surface area contributed by atoms with Gasteiger partial charge in [-0.25, -0.2) is 0 Å². The SMILES string of the molecule is CCCC1CCN(c2cccc(SC)c2/C(N)=N/O)C1. The highest BCUT2D eigenvalue weighted by atomic mass is 32.2. The van der Waals surface area contributed by atoms with Crippen molar-refractivity contribution in [1.29, 1.82) is 0 Å². The molecule has 0 radical (unpaired) electrons. The normalized spacial score (nSPS) is 19.6. The number of anilines is 1. The third-order valence-corrected chi connectivity index (χ3v) is 4.69. The summed E-state index contributed by atoms with van der Waals surface area (Å²) in [6.07, 6.45) is 5.75. The highest BCUT2D eigenvalue weighted by Gasteiger charge is 2.25. The van der Waals surface area contributed by atoms with E-state index in [0.29, 0.717) is 0 Å². The van der Waals surface area contributed by atoms with Crippen LogP contribution in [0.2, 0.25) is 0 Å². The van der Waals surface area contributed by atoms with Crippen LogP contribution in [0.5, 0.6) is 0 Å². The molecule has 110 valence electrons. The van der Waals surface area contributed by atoms with Crippen molar-refractivity contribution in [2.24, 2.45) is 16.8 Å². The molecular weight excluding hydrogens is 270 g/mol. The molecule has 20 heavy (non-hydrogen) atoms. The van der Waals surface area contributed by atoms with Crippen LogP contribution in [0.25, 0.3) is 0 Å². The van der Waals surface area contributed by atoms with Gasteiger partial charge in [0.05, 0.1) is 5.56 Å². The molecule has 4 nitrogen and oxygen atoms in total. The van der Waals surface area contributed by atoms with Gasteiger partial charge in [-0.2, -0.15) is 0 Å². The molecule has 0 bridgehead atoms. The Morgan fingerprint density at radius 2 is 2.35 bits per heavy atom. The molecule has 1 atom stereocenters. The number of benzene rings is 1. The van der Waals surface area contributed by atoms with Crippen molar-refractivity contribution in [1.82, 2.24) is 0 Å². The molecule has 3 N–H and O–H groups in total. The van der Waals surface area contributed by atoms with Gasteiger partial charge in [0.15, 0.2) is 5.84 Å². The van der Waals surface area contributed by atoms with Crippen molar-refractivity contribution < 1.29 is 5.21 Å². The number of hydrogen-bond acceptors (Lipinski definition) is 4. The number of thioether (sulfide) groups is 1. The zero-order chi connectivity index (χ0) is 14.5. The zero-order valence-corrected chi connectivity index (χ0v) is 13.0. The van der Waals surface area contributed by atoms with E-state index in [-0.39, 0.29) is 5.84 Å². The smallest absolute Gasteiger partial charge is 0.173 e. The minimum Gasteiger partial charge on any atom is -0.409 e. The van der Waals surface area contributed by atoms with E-state index in [1.54, 1.807) is 11.8 Å². The first-order valence-corrected chi connectivity index (χ1v) is 8.33. The molecule has 2 rings (SSSR count). The van der Waals surface area contributed by atoms with Crippen molar-refractivity contribution in [3.05, 3.63) is 23.8 Å². The molecule has 0 spiro atoms. The van der Waals surface area contributed by atoms with Crippen LogP contribution < -0.4 is 10.6 Å². The standard InChI is InChI=1S/C15H23N3OS/c1-3-5-11-8-9-18(10-11)12-6-4-7-13(20-2)14(12)15(16)17-19/h4,6-7,11,19H,3,5,8-10H2,1-2H3,(H2,16,17). The average molecular weight is 293 g/mol. The number of nitrogens with zero attached hydrogens (tertiary/aromatic N) is 2. The third kappa shape index (κ3) is 3.03. The van der Waals surface area contributed by atoms with Crippen LogP contribution in [0.1, 0.15) is 31.7 Å². The van der Waals surface area contributed by atoms with Crippen LogP contribution in [-0.4, -0.2) is 30.4 Å². The minimum atomic E-state index is 0.198. The Morgan fingerprint density at radius 1 is 1.55 bits per heavy atom. The highest BCUT2D eigenvalue weighted by Crippen LogP contribution is 2.33. The Kier molecular flexibility index (Phi) is 5.17. The Morgan fingerprint density at radius 3 is 3.00 bits per heavy atom. The topological polar surface area (TPSA) is 61.8 Å². The average Bonchev–Trinajstić information content (AvgIpc) is 2.94. The van der Waals surface area contributed by atoms with Crippen LogP contribution in [0.4, 0.5) is 5.69 Å². The first kappa shape index (κ1) is 15.0. The minimum absolute atomic E-state index is 0.198. The Hall–Kier alpha value is -1.36. The summed E-state index contributed by atoms with van der Waals surface area (Å²) < 4.78 is 0. The van der Waals surface area contributed by atoms with Crippen LogP contribution in [0, 0.1) is 5.92 Å². The van der Waals surface area contributed by atoms with Gasteiger partial charge in [0, 0.05) is 23.7 Å². The van der Waals surface area contributed by atoms with Gasteiger partial charge in [0.2, 0.25) is 0 Å². The molecule has 1 aliphatic rings. The lowest BCUT2D eigenvalue weighted by atomic mass is 10.0. The first-order valence-electron chi connectivity index (χ1n) is 7.11. The van der Waals surface area contributed by atoms with E-state index in [9.17, 15) is 0 Å². The van der Waals surface area contributed by atoms with Gasteiger partial charge in [-0.05, 0) is 37.1 Å². The maximum absolute atomic E-state index is 9.05. The van der Waals surface area contributed by atoms with E-state index < -0.39 is 0 Å². The van der Waals surface area contributed by atoms with Gasteiger partial charge < -0.3 is 15.8 Å². The Bertz CT molecular complexity index is 490. The number of amidine groups is 1. The van der Waals surface area contributed by atoms with Crippen molar-refractivity contribution >= 4 is 23.3 Å². The molecule has 1 fully saturated rings. The number of rotatable bonds is 5. The van der Waals surface area contributed by atoms with Gasteiger partial charge in [0.1, 0.15) is 0 Å². The summed E-state index contributed by atoms with van der Waals surface area (Å²) in [7, 11) is 0. The largest absolute Gasteiger partial charge is 0.409 e. The fraction of sp³-hybridized carbons (Fsp3) is 0.533. The van der Waals surface area contributed by atoms with Crippen molar-refractivity contribution in [2.45, 2.75) is 31.1 Å². The lowest BCUT2D eigenvalue weighted by molar-refractivity contribution is 0.318. The van der Waals surface area contributed by atoms with E-state index in [0.717, 1.165) is 35.2 Å². The number of nitrogens with two attached hydrogens (primary N) is 1. The second-order valence-electron chi connectivity index (χ2n) is 5.23. The molecule has 1 saturated heterocycles. The lowest BCUT2D eigenvalue weighted by Gasteiger charge is -2.23. The Labute approximate surface area is 125 Å². The fourth-order valence-corrected chi connectivity index (χ4v) is 3.58. The van der Waals surface area contributed by atoms with E-state index >= 15 is 0 Å². The summed E-state index contributed by atoms with van der Waals surface area (Å²) >= 11 is 1.62. The summed E-state index contributed by atoms with van der Waals surface area (Å²) in [5.41, 5.74) is 7.84. The summed E-state index contributed by atoms with van der Waals surface area (Å²) in [5.74, 6) is 0.960. The molecule has 1 unspecified atom stereocenters. The number of oxime groups is 1. The molecular formula is C15H23N3OS. The van der Waals surface area contributed by atoms with Gasteiger partial charge in [-0.15, -0.1) is 11.8 Å². The predicted molar refractivity (Wildman–Crippen MR) is 86.0 cm³/mol. The van der Waals surface area contributed by atoms with E-state index in [1.165, 1.54) is 19.3 Å². The quantitative estimate of drug-likeness (QED) is 0.288. The molecule has 0 amide bonds. The van der Waals surface area contributed by atoms with Crippen molar-refractivity contribution in [3.63, 3.8) is 0 Å². The van der Waals surface area contributed by atoms with Gasteiger partial charge >= 0.3 is 0 Å². The Balaban J connectivity index is 2.32. The molecule has 0 aromatic heterocycles. The monoisotopic (exact) mass is 293 g/mol. The second kappa shape index (κ2) is 6.88. The molecule has 1 aliphatic heterocycles. The van der Waals surface area contributed by atoms with Gasteiger partial charge in [0.25, 0.3) is 0 Å². The van der Waals surface area contributed by atoms with E-state index in [1.807, 2.05) is 18.4 Å². The van der Waals surface area contributed by atoms with Crippen LogP contribution >= 0.6 is 11.8 Å². The zero-order valence-electron chi connectivity index (χ0n) is 12.2. The van der Waals surface area contributed by atoms with Crippen molar-refractivity contribution in [3.8, 4) is 0 Å². The maximum atomic E-state index is 9.05. The predicted octanol–water partition coefficient (Wildman–Crippen LogP) is 3.13. The van der Waals surface area contributed by atoms with E-state index in [2.05, 4.69) is 23.0 Å². The van der Waals surface area contributed by atoms with E-state index in [4.69, 9.17) is 10.9 Å². The second-order valence-corrected chi connectivity index (χ2v) is 6.08. The van der Waals surface area contributed by atoms with Crippen LogP contribution in [0.3, 0.4) is 0 Å².